The van der Waals surface area contributed by atoms with Gasteiger partial charge in [-0.25, -0.2) is 0 Å². The second-order valence-electron chi connectivity index (χ2n) is 5.31. The molecule has 0 saturated carbocycles. The van der Waals surface area contributed by atoms with Crippen LogP contribution in [0.2, 0.25) is 0 Å². The molecule has 0 radical (unpaired) electrons. The van der Waals surface area contributed by atoms with E-state index in [9.17, 15) is 0 Å². The number of aliphatic hydroxyl groups is 1. The average molecular weight is 263 g/mol. The summed E-state index contributed by atoms with van der Waals surface area (Å²) in [7, 11) is 0. The molecule has 0 amide bonds. The third-order valence-electron chi connectivity index (χ3n) is 3.82. The Balaban J connectivity index is 1.85. The number of hydrogen-bond donors (Lipinski definition) is 2. The molecule has 1 aromatic rings. The third-order valence-corrected chi connectivity index (χ3v) is 3.82. The maximum absolute atomic E-state index is 8.71. The van der Waals surface area contributed by atoms with Crippen molar-refractivity contribution in [3.8, 4) is 5.75 Å². The summed E-state index contributed by atoms with van der Waals surface area (Å²) >= 11 is 0. The molecule has 1 aromatic carbocycles. The van der Waals surface area contributed by atoms with Crippen LogP contribution in [0.15, 0.2) is 18.2 Å². The second-order valence-corrected chi connectivity index (χ2v) is 5.31. The van der Waals surface area contributed by atoms with Crippen LogP contribution in [-0.4, -0.2) is 18.3 Å². The van der Waals surface area contributed by atoms with Crippen LogP contribution in [0, 0.1) is 0 Å². The molecule has 1 aliphatic rings. The van der Waals surface area contributed by atoms with Crippen molar-refractivity contribution < 1.29 is 9.84 Å². The maximum atomic E-state index is 8.71. The van der Waals surface area contributed by atoms with Gasteiger partial charge in [-0.1, -0.05) is 18.6 Å². The summed E-state index contributed by atoms with van der Waals surface area (Å²) in [5.74, 6) is 1.02. The third kappa shape index (κ3) is 3.95. The van der Waals surface area contributed by atoms with Crippen molar-refractivity contribution in [2.45, 2.75) is 51.0 Å². The molecule has 1 aliphatic carbocycles. The first-order chi connectivity index (χ1) is 9.33. The standard InChI is InChI=1S/C16H25NO2/c17-15-9-5-8-14-13(15)7-6-10-16(14)19-12-4-2-1-3-11-18/h6-7,10,15,18H,1-5,8-9,11-12,17H2. The van der Waals surface area contributed by atoms with Crippen LogP contribution in [0.25, 0.3) is 0 Å². The summed E-state index contributed by atoms with van der Waals surface area (Å²) in [5.41, 5.74) is 8.73. The predicted molar refractivity (Wildman–Crippen MR) is 77.4 cm³/mol. The van der Waals surface area contributed by atoms with E-state index >= 15 is 0 Å². The van der Waals surface area contributed by atoms with Crippen molar-refractivity contribution in [1.82, 2.24) is 0 Å². The first-order valence-corrected chi connectivity index (χ1v) is 7.44. The van der Waals surface area contributed by atoms with E-state index < -0.39 is 0 Å². The van der Waals surface area contributed by atoms with Crippen molar-refractivity contribution in [3.05, 3.63) is 29.3 Å². The summed E-state index contributed by atoms with van der Waals surface area (Å²) in [6.07, 6.45) is 7.48. The zero-order valence-electron chi connectivity index (χ0n) is 11.6. The lowest BCUT2D eigenvalue weighted by molar-refractivity contribution is 0.272. The number of hydrogen-bond acceptors (Lipinski definition) is 3. The van der Waals surface area contributed by atoms with Crippen LogP contribution >= 0.6 is 0 Å². The van der Waals surface area contributed by atoms with Gasteiger partial charge in [0.15, 0.2) is 0 Å². The van der Waals surface area contributed by atoms with E-state index in [1.807, 2.05) is 6.07 Å². The van der Waals surface area contributed by atoms with Gasteiger partial charge < -0.3 is 15.6 Å². The number of aliphatic hydroxyl groups excluding tert-OH is 1. The summed E-state index contributed by atoms with van der Waals surface area (Å²) < 4.78 is 5.91. The zero-order chi connectivity index (χ0) is 13.5. The Hall–Kier alpha value is -1.06. The van der Waals surface area contributed by atoms with Crippen molar-refractivity contribution in [3.63, 3.8) is 0 Å². The number of rotatable bonds is 7. The lowest BCUT2D eigenvalue weighted by atomic mass is 9.87. The number of fused-ring (bicyclic) bond motifs is 1. The van der Waals surface area contributed by atoms with Gasteiger partial charge in [0.25, 0.3) is 0 Å². The Kier molecular flexibility index (Phi) is 5.67. The van der Waals surface area contributed by atoms with Crippen LogP contribution in [0.5, 0.6) is 5.75 Å². The molecule has 0 aromatic heterocycles. The van der Waals surface area contributed by atoms with E-state index in [-0.39, 0.29) is 6.04 Å². The quantitative estimate of drug-likeness (QED) is 0.744. The molecule has 3 heteroatoms. The normalized spacial score (nSPS) is 18.1. The number of unbranched alkanes of at least 4 members (excludes halogenated alkanes) is 3. The molecule has 106 valence electrons. The summed E-state index contributed by atoms with van der Waals surface area (Å²) in [4.78, 5) is 0. The second kappa shape index (κ2) is 7.51. The van der Waals surface area contributed by atoms with Gasteiger partial charge in [0.2, 0.25) is 0 Å². The fraction of sp³-hybridized carbons (Fsp3) is 0.625. The van der Waals surface area contributed by atoms with Crippen molar-refractivity contribution in [2.75, 3.05) is 13.2 Å². The fourth-order valence-electron chi connectivity index (χ4n) is 2.74. The highest BCUT2D eigenvalue weighted by atomic mass is 16.5. The topological polar surface area (TPSA) is 55.5 Å². The first-order valence-electron chi connectivity index (χ1n) is 7.44. The molecule has 3 N–H and O–H groups in total. The van der Waals surface area contributed by atoms with E-state index in [4.69, 9.17) is 15.6 Å². The van der Waals surface area contributed by atoms with Crippen molar-refractivity contribution in [1.29, 1.82) is 0 Å². The van der Waals surface area contributed by atoms with Gasteiger partial charge in [-0.05, 0) is 55.7 Å². The molecule has 3 nitrogen and oxygen atoms in total. The summed E-state index contributed by atoms with van der Waals surface area (Å²) in [6.45, 7) is 1.06. The van der Waals surface area contributed by atoms with Crippen LogP contribution in [0.1, 0.15) is 55.7 Å². The molecular weight excluding hydrogens is 238 g/mol. The van der Waals surface area contributed by atoms with Gasteiger partial charge in [-0.15, -0.1) is 0 Å². The van der Waals surface area contributed by atoms with Gasteiger partial charge in [0.05, 0.1) is 6.61 Å². The molecular formula is C16H25NO2. The highest BCUT2D eigenvalue weighted by Crippen LogP contribution is 2.34. The highest BCUT2D eigenvalue weighted by molar-refractivity contribution is 5.43. The smallest absolute Gasteiger partial charge is 0.122 e. The fourth-order valence-corrected chi connectivity index (χ4v) is 2.74. The first kappa shape index (κ1) is 14.4. The van der Waals surface area contributed by atoms with E-state index in [1.54, 1.807) is 0 Å². The Bertz CT molecular complexity index is 392. The molecule has 0 heterocycles. The minimum absolute atomic E-state index is 0.178. The molecule has 0 aliphatic heterocycles. The SMILES string of the molecule is NC1CCCc2c(OCCCCCCO)cccc21. The number of benzene rings is 1. The van der Waals surface area contributed by atoms with Crippen LogP contribution in [0.4, 0.5) is 0 Å². The van der Waals surface area contributed by atoms with Gasteiger partial charge in [-0.2, -0.15) is 0 Å². The van der Waals surface area contributed by atoms with E-state index in [2.05, 4.69) is 12.1 Å². The zero-order valence-corrected chi connectivity index (χ0v) is 11.6. The summed E-state index contributed by atoms with van der Waals surface area (Å²) in [6, 6.07) is 6.42. The van der Waals surface area contributed by atoms with Crippen molar-refractivity contribution >= 4 is 0 Å². The Morgan fingerprint density at radius 2 is 2.05 bits per heavy atom. The maximum Gasteiger partial charge on any atom is 0.122 e. The molecule has 2 rings (SSSR count). The molecule has 0 bridgehead atoms. The predicted octanol–water partition coefficient (Wildman–Crippen LogP) is 2.95. The minimum Gasteiger partial charge on any atom is -0.493 e. The highest BCUT2D eigenvalue weighted by Gasteiger charge is 2.19. The molecule has 0 saturated heterocycles. The monoisotopic (exact) mass is 263 g/mol. The van der Waals surface area contributed by atoms with Crippen LogP contribution in [-0.2, 0) is 6.42 Å². The molecule has 19 heavy (non-hydrogen) atoms. The van der Waals surface area contributed by atoms with E-state index in [0.717, 1.165) is 57.3 Å². The Labute approximate surface area is 115 Å². The minimum atomic E-state index is 0.178. The molecule has 0 spiro atoms. The molecule has 1 atom stereocenters. The van der Waals surface area contributed by atoms with Gasteiger partial charge in [0.1, 0.15) is 5.75 Å². The largest absolute Gasteiger partial charge is 0.493 e. The van der Waals surface area contributed by atoms with Gasteiger partial charge in [0, 0.05) is 12.6 Å². The lowest BCUT2D eigenvalue weighted by Crippen LogP contribution is -2.18. The number of ether oxygens (including phenoxy) is 1. The van der Waals surface area contributed by atoms with E-state index in [1.165, 1.54) is 11.1 Å². The van der Waals surface area contributed by atoms with Gasteiger partial charge in [-0.3, -0.25) is 0 Å². The van der Waals surface area contributed by atoms with Crippen LogP contribution in [0.3, 0.4) is 0 Å². The Morgan fingerprint density at radius 1 is 1.21 bits per heavy atom. The Morgan fingerprint density at radius 3 is 2.89 bits per heavy atom. The van der Waals surface area contributed by atoms with Gasteiger partial charge >= 0.3 is 0 Å². The molecule has 0 fully saturated rings. The van der Waals surface area contributed by atoms with E-state index in [0.29, 0.717) is 6.61 Å². The summed E-state index contributed by atoms with van der Waals surface area (Å²) in [5, 5.41) is 8.71. The molecule has 1 unspecified atom stereocenters. The van der Waals surface area contributed by atoms with Crippen LogP contribution < -0.4 is 10.5 Å². The lowest BCUT2D eigenvalue weighted by Gasteiger charge is -2.24. The number of nitrogens with two attached hydrogens (primary N) is 1. The van der Waals surface area contributed by atoms with Crippen molar-refractivity contribution in [2.24, 2.45) is 5.73 Å². The average Bonchev–Trinajstić information content (AvgIpc) is 2.43.